The Morgan fingerprint density at radius 1 is 0.956 bits per heavy atom. The number of nitrogens with zero attached hydrogens (tertiary/aromatic N) is 1. The Hall–Kier alpha value is -4.07. The van der Waals surface area contributed by atoms with Gasteiger partial charge in [-0.2, -0.15) is 0 Å². The van der Waals surface area contributed by atoms with Gasteiger partial charge in [0, 0.05) is 29.8 Å². The Morgan fingerprint density at radius 2 is 1.56 bits per heavy atom. The zero-order valence-corrected chi connectivity index (χ0v) is 25.5. The highest BCUT2D eigenvalue weighted by Crippen LogP contribution is 2.46. The van der Waals surface area contributed by atoms with Gasteiger partial charge in [0.05, 0.1) is 37.5 Å². The summed E-state index contributed by atoms with van der Waals surface area (Å²) in [5, 5.41) is 39.3. The smallest absolute Gasteiger partial charge is 0.233 e. The predicted molar refractivity (Wildman–Crippen MR) is 168 cm³/mol. The van der Waals surface area contributed by atoms with Crippen molar-refractivity contribution in [3.63, 3.8) is 0 Å². The van der Waals surface area contributed by atoms with E-state index in [9.17, 15) is 38.0 Å². The third-order valence-electron chi connectivity index (χ3n) is 7.43. The molecule has 236 valence electrons. The van der Waals surface area contributed by atoms with Crippen LogP contribution in [0.2, 0.25) is 0 Å². The third kappa shape index (κ3) is 8.99. The fourth-order valence-corrected chi connectivity index (χ4v) is 5.41. The fourth-order valence-electron chi connectivity index (χ4n) is 4.94. The molecular formula is C34H35FN2O7S. The highest BCUT2D eigenvalue weighted by molar-refractivity contribution is 7.88. The van der Waals surface area contributed by atoms with Crippen LogP contribution in [-0.4, -0.2) is 66.4 Å². The molecule has 5 N–H and O–H groups in total. The van der Waals surface area contributed by atoms with Crippen LogP contribution in [0.4, 0.5) is 10.1 Å². The lowest BCUT2D eigenvalue weighted by Gasteiger charge is -2.48. The van der Waals surface area contributed by atoms with E-state index in [1.54, 1.807) is 41.3 Å². The van der Waals surface area contributed by atoms with Crippen LogP contribution in [0.1, 0.15) is 53.7 Å². The van der Waals surface area contributed by atoms with E-state index in [1.807, 2.05) is 12.1 Å². The molecule has 1 aliphatic rings. The van der Waals surface area contributed by atoms with Gasteiger partial charge in [-0.15, -0.1) is 0 Å². The molecule has 1 fully saturated rings. The average Bonchev–Trinajstić information content (AvgIpc) is 3.03. The van der Waals surface area contributed by atoms with Crippen molar-refractivity contribution in [3.05, 3.63) is 101 Å². The maximum absolute atomic E-state index is 13.5. The molecule has 3 unspecified atom stereocenters. The van der Waals surface area contributed by atoms with Gasteiger partial charge in [0.15, 0.2) is 5.60 Å². The number of rotatable bonds is 11. The van der Waals surface area contributed by atoms with Crippen LogP contribution in [0.3, 0.4) is 0 Å². The zero-order chi connectivity index (χ0) is 32.6. The molecule has 11 heteroatoms. The van der Waals surface area contributed by atoms with Gasteiger partial charge in [0.25, 0.3) is 0 Å². The van der Waals surface area contributed by atoms with Crippen molar-refractivity contribution < 1.29 is 38.0 Å². The number of anilines is 1. The molecule has 0 spiro atoms. The summed E-state index contributed by atoms with van der Waals surface area (Å²) in [7, 11) is -3.28. The molecule has 45 heavy (non-hydrogen) atoms. The minimum Gasteiger partial charge on any atom is -0.392 e. The quantitative estimate of drug-likeness (QED) is 0.124. The highest BCUT2D eigenvalue weighted by Gasteiger charge is 2.48. The van der Waals surface area contributed by atoms with Crippen molar-refractivity contribution in [2.24, 2.45) is 5.92 Å². The van der Waals surface area contributed by atoms with Gasteiger partial charge in [-0.3, -0.25) is 4.79 Å². The number of sulfonamides is 1. The van der Waals surface area contributed by atoms with Crippen molar-refractivity contribution in [2.45, 2.75) is 37.0 Å². The first-order chi connectivity index (χ1) is 21.4. The summed E-state index contributed by atoms with van der Waals surface area (Å²) < 4.78 is 38.1. The van der Waals surface area contributed by atoms with Crippen molar-refractivity contribution >= 4 is 21.6 Å². The third-order valence-corrected chi connectivity index (χ3v) is 8.16. The average molecular weight is 635 g/mol. The number of hydrogen-bond acceptors (Lipinski definition) is 7. The number of benzene rings is 3. The number of carbonyl (C=O) groups is 1. The topological polar surface area (TPSA) is 147 Å². The van der Waals surface area contributed by atoms with Crippen LogP contribution in [0.5, 0.6) is 0 Å². The summed E-state index contributed by atoms with van der Waals surface area (Å²) in [5.41, 5.74) is 1.36. The van der Waals surface area contributed by atoms with Crippen molar-refractivity contribution in [1.29, 1.82) is 0 Å². The lowest BCUT2D eigenvalue weighted by Crippen LogP contribution is -2.55. The summed E-state index contributed by atoms with van der Waals surface area (Å²) in [5.74, 6) is 10.2. The number of β-lactam (4-membered cyclic amide) rings is 1. The Morgan fingerprint density at radius 3 is 2.16 bits per heavy atom. The van der Waals surface area contributed by atoms with Gasteiger partial charge in [0.1, 0.15) is 5.82 Å². The molecular weight excluding hydrogens is 599 g/mol. The standard InChI is InChI=1S/C34H35FN2O7S/c1-45(43,44)36-21-3-2-4-24-7-15-29(16-8-24)37-32(27-9-5-25(6-10-27)19-20-34(42,22-38)23-39)30(33(37)41)17-18-31(40)26-11-13-28(35)14-12-26/h5-16,30-32,36,38-40,42H,3,17-18,21-23H2,1H3. The lowest BCUT2D eigenvalue weighted by molar-refractivity contribution is -0.131. The normalized spacial score (nSPS) is 17.0. The van der Waals surface area contributed by atoms with Gasteiger partial charge in [0.2, 0.25) is 15.9 Å². The van der Waals surface area contributed by atoms with Crippen LogP contribution in [0, 0.1) is 35.4 Å². The van der Waals surface area contributed by atoms with Crippen LogP contribution < -0.4 is 9.62 Å². The second-order valence-corrected chi connectivity index (χ2v) is 12.7. The number of carbonyl (C=O) groups excluding carboxylic acids is 1. The molecule has 0 bridgehead atoms. The Bertz CT molecular complexity index is 1700. The van der Waals surface area contributed by atoms with Crippen molar-refractivity contribution in [3.8, 4) is 23.7 Å². The number of amides is 1. The maximum Gasteiger partial charge on any atom is 0.233 e. The monoisotopic (exact) mass is 634 g/mol. The molecule has 1 saturated heterocycles. The first kappa shape index (κ1) is 33.8. The first-order valence-electron chi connectivity index (χ1n) is 14.3. The SMILES string of the molecule is CS(=O)(=O)NCCC#Cc1ccc(N2C(=O)C(CCC(O)c3ccc(F)cc3)C2c2ccc(C#CC(O)(CO)CO)cc2)cc1. The molecule has 1 heterocycles. The summed E-state index contributed by atoms with van der Waals surface area (Å²) in [6, 6.07) is 19.5. The molecule has 3 aromatic rings. The highest BCUT2D eigenvalue weighted by atomic mass is 32.2. The van der Waals surface area contributed by atoms with Gasteiger partial charge < -0.3 is 25.3 Å². The lowest BCUT2D eigenvalue weighted by atomic mass is 9.78. The van der Waals surface area contributed by atoms with E-state index >= 15 is 0 Å². The summed E-state index contributed by atoms with van der Waals surface area (Å²) in [6.45, 7) is -1.23. The number of halogens is 1. The fraction of sp³-hybridized carbons (Fsp3) is 0.324. The van der Waals surface area contributed by atoms with Gasteiger partial charge >= 0.3 is 0 Å². The summed E-state index contributed by atoms with van der Waals surface area (Å²) in [6.07, 6.45) is 1.23. The molecule has 9 nitrogen and oxygen atoms in total. The Kier molecular flexibility index (Phi) is 11.1. The maximum atomic E-state index is 13.5. The second kappa shape index (κ2) is 14.8. The van der Waals surface area contributed by atoms with Crippen molar-refractivity contribution in [2.75, 3.05) is 30.9 Å². The van der Waals surface area contributed by atoms with Crippen LogP contribution in [0.15, 0.2) is 72.8 Å². The van der Waals surface area contributed by atoms with E-state index in [1.165, 1.54) is 24.3 Å². The van der Waals surface area contributed by atoms with E-state index in [-0.39, 0.29) is 18.5 Å². The van der Waals surface area contributed by atoms with Crippen LogP contribution in [-0.2, 0) is 14.8 Å². The second-order valence-electron chi connectivity index (χ2n) is 10.9. The van der Waals surface area contributed by atoms with Crippen LogP contribution >= 0.6 is 0 Å². The van der Waals surface area contributed by atoms with E-state index in [0.717, 1.165) is 11.8 Å². The molecule has 3 atom stereocenters. The number of hydrogen-bond donors (Lipinski definition) is 5. The van der Waals surface area contributed by atoms with Crippen molar-refractivity contribution in [1.82, 2.24) is 4.72 Å². The molecule has 0 aromatic heterocycles. The molecule has 3 aromatic carbocycles. The van der Waals surface area contributed by atoms with Gasteiger partial charge in [-0.05, 0) is 72.5 Å². The van der Waals surface area contributed by atoms with Gasteiger partial charge in [-0.25, -0.2) is 17.5 Å². The Labute approximate surface area is 262 Å². The van der Waals surface area contributed by atoms with E-state index in [0.29, 0.717) is 41.6 Å². The number of aliphatic hydroxyl groups is 4. The van der Waals surface area contributed by atoms with E-state index in [4.69, 9.17) is 0 Å². The van der Waals surface area contributed by atoms with E-state index < -0.39 is 46.7 Å². The summed E-state index contributed by atoms with van der Waals surface area (Å²) >= 11 is 0. The molecule has 1 amide bonds. The predicted octanol–water partition coefficient (Wildman–Crippen LogP) is 2.40. The van der Waals surface area contributed by atoms with Gasteiger partial charge in [-0.1, -0.05) is 47.9 Å². The van der Waals surface area contributed by atoms with Crippen LogP contribution in [0.25, 0.3) is 0 Å². The molecule has 0 aliphatic carbocycles. The number of nitrogens with one attached hydrogen (secondary N) is 1. The molecule has 0 saturated carbocycles. The largest absolute Gasteiger partial charge is 0.392 e. The van der Waals surface area contributed by atoms with E-state index in [2.05, 4.69) is 28.4 Å². The first-order valence-corrected chi connectivity index (χ1v) is 16.2. The molecule has 1 aliphatic heterocycles. The minimum absolute atomic E-state index is 0.114. The minimum atomic E-state index is -3.28. The zero-order valence-electron chi connectivity index (χ0n) is 24.6. The molecule has 4 rings (SSSR count). The summed E-state index contributed by atoms with van der Waals surface area (Å²) in [4.78, 5) is 15.2. The number of aliphatic hydroxyl groups excluding tert-OH is 3. The molecule has 0 radical (unpaired) electrons. The Balaban J connectivity index is 1.53.